The number of pyridine rings is 1. The van der Waals surface area contributed by atoms with Crippen LogP contribution in [0.4, 0.5) is 9.59 Å². The highest BCUT2D eigenvalue weighted by molar-refractivity contribution is 6.01. The molecule has 8 rings (SSSR count). The Hall–Kier alpha value is -6.27. The number of carbonyl (C=O) groups is 8. The number of ketones is 4. The maximum absolute atomic E-state index is 14.3. The van der Waals surface area contributed by atoms with Crippen molar-refractivity contribution < 1.29 is 81.4 Å². The number of ether oxygens (including phenoxy) is 8. The summed E-state index contributed by atoms with van der Waals surface area (Å²) in [6, 6.07) is 3.15. The number of esters is 2. The van der Waals surface area contributed by atoms with Crippen LogP contribution >= 0.6 is 0 Å². The van der Waals surface area contributed by atoms with Gasteiger partial charge >= 0.3 is 24.1 Å². The third-order valence-electron chi connectivity index (χ3n) is 22.0. The number of carbonyl (C=O) groups excluding carboxylic acids is 8. The van der Waals surface area contributed by atoms with E-state index >= 15 is 0 Å². The van der Waals surface area contributed by atoms with Crippen LogP contribution in [-0.4, -0.2) is 160 Å². The number of aryl methyl sites for hydroxylation is 1. The van der Waals surface area contributed by atoms with Gasteiger partial charge in [-0.1, -0.05) is 104 Å². The summed E-state index contributed by atoms with van der Waals surface area (Å²) >= 11 is 0. The molecule has 0 spiro atoms. The molecule has 0 bridgehead atoms. The molecule has 4 saturated heterocycles. The number of unbranched alkanes of at least 4 members (excludes halogenated alkanes) is 1. The molecule has 5 aliphatic heterocycles. The maximum atomic E-state index is 14.3. The number of hydrogen-bond donors (Lipinski definition) is 1. The molecule has 98 heavy (non-hydrogen) atoms. The lowest BCUT2D eigenvalue weighted by atomic mass is 9.70. The molecule has 1 N–H and O–H groups in total. The zero-order chi connectivity index (χ0) is 72.7. The standard InChI is InChI=1S/C40H60N4O9.C35H54N2O8/c1-10-31-40(11-2)30(44(38(49)53-40)18-13-12-17-43-22-42-35-28(43)15-14-16-41-35)20-29(45)24(4)21-39(8,9)34(26(6)33(47)27(7)36(48)51-31)52-37-32(46)23(3)19-25(5)50-37;1-12-27-35(13-2,45-33(41)37-15-14-36-19-37)18-22(5)28(38)21(4)17-34(10,11)30(25(8)29(39)26(9)31(40)43-27)44-32-24(7)20(3)16-23(6)42-32/h14-16,22-27,30-32,34,37,46H,10-13,17-21H2,1-9H3;14-15,18-21,23-27,30,32H,12-13,16-17H2,1-11H3/b;22-18+/t23-,24+,25+,26-,27+,30+,31+,32+,34+,37?,40-;20-,21+,23+,24+,25-,26+,27+,30+,32?,35-/m00/s1. The highest BCUT2D eigenvalue weighted by Crippen LogP contribution is 2.46. The fourth-order valence-electron chi connectivity index (χ4n) is 16.2. The first-order valence-electron chi connectivity index (χ1n) is 36.0. The van der Waals surface area contributed by atoms with Crippen LogP contribution in [0.1, 0.15) is 209 Å². The SMILES string of the molecule is CC[C@H]1OC(=O)[C@H](C)C(=O)[C@H](C)[C@@H](OC2O[C@H](C)C[C@H](C)[C@H]2C)C(C)(C)C[C@@H](C)C(=O)/C(C)=C/[C@]1(CC)OC(=O)n1ccnc1.CC[C@H]1OC(=O)[C@H](C)C(=O)[C@H](C)[C@@H](OC2O[C@H](C)C[C@H](C)[C@H]2O)C(C)(C)C[C@@H](C)C(=O)C[C@H]2N(CCCCn3cnc4ncccc43)C(=O)O[C@]12CC. The fourth-order valence-corrected chi connectivity index (χ4v) is 16.2. The first kappa shape index (κ1) is 79.1. The molecule has 23 heteroatoms. The van der Waals surface area contributed by atoms with Crippen molar-refractivity contribution in [2.24, 2.45) is 64.1 Å². The van der Waals surface area contributed by atoms with Gasteiger partial charge < -0.3 is 52.5 Å². The van der Waals surface area contributed by atoms with Gasteiger partial charge in [-0.2, -0.15) is 0 Å². The Bertz CT molecular complexity index is 3290. The molecule has 4 fully saturated rings. The van der Waals surface area contributed by atoms with Crippen LogP contribution in [-0.2, 0) is 73.2 Å². The zero-order valence-electron chi connectivity index (χ0n) is 61.9. The van der Waals surface area contributed by atoms with Crippen LogP contribution < -0.4 is 0 Å². The van der Waals surface area contributed by atoms with Crippen LogP contribution in [0.15, 0.2) is 55.0 Å². The molecule has 0 saturated carbocycles. The average molecular weight is 1370 g/mol. The number of aromatic nitrogens is 5. The Balaban J connectivity index is 0.000000280. The molecule has 5 aliphatic rings. The average Bonchev–Trinajstić information content (AvgIpc) is 1.56. The van der Waals surface area contributed by atoms with Crippen molar-refractivity contribution in [3.05, 3.63) is 55.0 Å². The lowest BCUT2D eigenvalue weighted by Gasteiger charge is -2.45. The number of fused-ring (bicyclic) bond motifs is 2. The van der Waals surface area contributed by atoms with Gasteiger partial charge in [-0.05, 0) is 145 Å². The van der Waals surface area contributed by atoms with E-state index in [1.54, 1.807) is 65.0 Å². The lowest BCUT2D eigenvalue weighted by Crippen LogP contribution is -2.56. The normalized spacial score (nSPS) is 36.9. The topological polar surface area (TPSA) is 282 Å². The second-order valence-electron chi connectivity index (χ2n) is 30.6. The minimum absolute atomic E-state index is 0.00343. The number of imidazole rings is 2. The summed E-state index contributed by atoms with van der Waals surface area (Å²) in [5.41, 5.74) is -2.18. The van der Waals surface area contributed by atoms with Gasteiger partial charge in [-0.3, -0.25) is 28.8 Å². The number of amides is 1. The third kappa shape index (κ3) is 17.5. The molecule has 0 radical (unpaired) electrons. The number of aliphatic hydroxyl groups is 1. The first-order valence-corrected chi connectivity index (χ1v) is 36.0. The summed E-state index contributed by atoms with van der Waals surface area (Å²) in [5, 5.41) is 11.1. The quantitative estimate of drug-likeness (QED) is 0.0679. The molecule has 23 nitrogen and oxygen atoms in total. The molecule has 546 valence electrons. The maximum Gasteiger partial charge on any atom is 0.420 e. The molecule has 21 atom stereocenters. The van der Waals surface area contributed by atoms with E-state index in [1.165, 1.54) is 30.2 Å². The van der Waals surface area contributed by atoms with E-state index in [0.717, 1.165) is 18.4 Å². The second kappa shape index (κ2) is 33.0. The van der Waals surface area contributed by atoms with Crippen LogP contribution in [0.5, 0.6) is 0 Å². The minimum Gasteiger partial charge on any atom is -0.457 e. The minimum atomic E-state index is -1.47. The Morgan fingerprint density at radius 3 is 1.82 bits per heavy atom. The van der Waals surface area contributed by atoms with Gasteiger partial charge in [-0.25, -0.2) is 29.1 Å². The number of aliphatic hydroxyl groups excluding tert-OH is 1. The molecule has 2 unspecified atom stereocenters. The largest absolute Gasteiger partial charge is 0.457 e. The van der Waals surface area contributed by atoms with Gasteiger partial charge in [0.1, 0.15) is 42.3 Å². The van der Waals surface area contributed by atoms with E-state index in [0.29, 0.717) is 68.8 Å². The summed E-state index contributed by atoms with van der Waals surface area (Å²) in [6.07, 6.45) is 7.00. The van der Waals surface area contributed by atoms with Gasteiger partial charge in [0.15, 0.2) is 46.8 Å². The first-order chi connectivity index (χ1) is 46.0. The number of cyclic esters (lactones) is 2. The monoisotopic (exact) mass is 1370 g/mol. The third-order valence-corrected chi connectivity index (χ3v) is 22.0. The molecular formula is C75H114N6O17. The number of Topliss-reactive ketones (excluding diaryl/α,β-unsaturated/α-hetero) is 4. The van der Waals surface area contributed by atoms with Gasteiger partial charge in [0, 0.05) is 67.7 Å². The molecule has 0 aliphatic carbocycles. The molecule has 8 heterocycles. The highest BCUT2D eigenvalue weighted by atomic mass is 16.7. The van der Waals surface area contributed by atoms with E-state index in [4.69, 9.17) is 37.9 Å². The van der Waals surface area contributed by atoms with E-state index in [2.05, 4.69) is 28.8 Å². The second-order valence-corrected chi connectivity index (χ2v) is 30.6. The zero-order valence-corrected chi connectivity index (χ0v) is 61.9. The van der Waals surface area contributed by atoms with Gasteiger partial charge in [0.2, 0.25) is 0 Å². The van der Waals surface area contributed by atoms with Crippen molar-refractivity contribution in [3.63, 3.8) is 0 Å². The highest BCUT2D eigenvalue weighted by Gasteiger charge is 2.60. The predicted octanol–water partition coefficient (Wildman–Crippen LogP) is 12.4. The van der Waals surface area contributed by atoms with Crippen molar-refractivity contribution in [3.8, 4) is 0 Å². The van der Waals surface area contributed by atoms with Crippen molar-refractivity contribution in [2.75, 3.05) is 6.54 Å². The van der Waals surface area contributed by atoms with Gasteiger partial charge in [0.05, 0.1) is 42.3 Å². The van der Waals surface area contributed by atoms with Crippen LogP contribution in [0, 0.1) is 64.1 Å². The number of allylic oxidation sites excluding steroid dienone is 1. The Morgan fingerprint density at radius 1 is 0.684 bits per heavy atom. The molecule has 3 aromatic heterocycles. The Morgan fingerprint density at radius 2 is 1.24 bits per heavy atom. The van der Waals surface area contributed by atoms with Crippen molar-refractivity contribution >= 4 is 58.4 Å². The number of rotatable bonds is 14. The summed E-state index contributed by atoms with van der Waals surface area (Å²) < 4.78 is 53.2. The fraction of sp³-hybridized carbons (Fsp3) is 0.747. The molecule has 1 amide bonds. The van der Waals surface area contributed by atoms with Gasteiger partial charge in [0.25, 0.3) is 0 Å². The molecule has 3 aromatic rings. The summed E-state index contributed by atoms with van der Waals surface area (Å²) in [6.45, 7) is 38.4. The van der Waals surface area contributed by atoms with E-state index in [9.17, 15) is 43.5 Å². The van der Waals surface area contributed by atoms with Crippen LogP contribution in [0.3, 0.4) is 0 Å². The van der Waals surface area contributed by atoms with Gasteiger partial charge in [-0.15, -0.1) is 0 Å². The van der Waals surface area contributed by atoms with Crippen LogP contribution in [0.25, 0.3) is 11.2 Å². The van der Waals surface area contributed by atoms with E-state index in [-0.39, 0.29) is 66.4 Å². The van der Waals surface area contributed by atoms with Crippen molar-refractivity contribution in [1.82, 2.24) is 29.0 Å². The molecular weight excluding hydrogens is 1260 g/mol. The summed E-state index contributed by atoms with van der Waals surface area (Å²) in [5.74, 6) is -6.66. The van der Waals surface area contributed by atoms with Crippen molar-refractivity contribution in [2.45, 2.75) is 288 Å². The van der Waals surface area contributed by atoms with Crippen molar-refractivity contribution in [1.29, 1.82) is 0 Å². The smallest absolute Gasteiger partial charge is 0.420 e. The Labute approximate surface area is 580 Å². The lowest BCUT2D eigenvalue weighted by molar-refractivity contribution is -0.284. The molecule has 0 aromatic carbocycles. The summed E-state index contributed by atoms with van der Waals surface area (Å²) in [7, 11) is 0. The van der Waals surface area contributed by atoms with E-state index in [1.807, 2.05) is 92.9 Å². The summed E-state index contributed by atoms with van der Waals surface area (Å²) in [4.78, 5) is 125. The number of hydrogen-bond acceptors (Lipinski definition) is 20. The number of nitrogens with zero attached hydrogens (tertiary/aromatic N) is 6. The predicted molar refractivity (Wildman–Crippen MR) is 366 cm³/mol. The van der Waals surface area contributed by atoms with Crippen LogP contribution in [0.2, 0.25) is 0 Å². The van der Waals surface area contributed by atoms with E-state index < -0.39 is 131 Å². The Kier molecular flexibility index (Phi) is 26.6.